The predicted molar refractivity (Wildman–Crippen MR) is 71.0 cm³/mol. The molecule has 0 aliphatic carbocycles. The number of amides is 1. The topological polar surface area (TPSA) is 51.5 Å². The summed E-state index contributed by atoms with van der Waals surface area (Å²) in [7, 11) is 0. The van der Waals surface area contributed by atoms with Crippen LogP contribution in [0.2, 0.25) is 0 Å². The molecule has 5 nitrogen and oxygen atoms in total. The van der Waals surface area contributed by atoms with Crippen LogP contribution in [0.25, 0.3) is 0 Å². The largest absolute Gasteiger partial charge is 0.372 e. The van der Waals surface area contributed by atoms with E-state index in [0.717, 1.165) is 6.29 Å². The van der Waals surface area contributed by atoms with Crippen molar-refractivity contribution < 1.29 is 14.3 Å². The van der Waals surface area contributed by atoms with Crippen LogP contribution in [0.5, 0.6) is 0 Å². The molecule has 2 heterocycles. The maximum absolute atomic E-state index is 12.2. The van der Waals surface area contributed by atoms with Crippen molar-refractivity contribution in [2.45, 2.75) is 39.0 Å². The number of hydrogen-bond donors (Lipinski definition) is 0. The number of ether oxygens (including phenoxy) is 1. The van der Waals surface area contributed by atoms with E-state index in [1.165, 1.54) is 0 Å². The van der Waals surface area contributed by atoms with E-state index in [9.17, 15) is 9.59 Å². The zero-order chi connectivity index (χ0) is 13.8. The molecule has 1 aromatic rings. The van der Waals surface area contributed by atoms with Gasteiger partial charge in [-0.25, -0.2) is 0 Å². The fourth-order valence-corrected chi connectivity index (χ4v) is 2.49. The second-order valence-corrected chi connectivity index (χ2v) is 5.05. The standard InChI is InChI=1S/C14H20N2O3/c1-11-8-16(9-12(2)19-11)14(18)5-7-15-6-3-4-13(15)10-17/h3-4,6,10-12H,5,7-9H2,1-2H3. The Morgan fingerprint density at radius 3 is 2.74 bits per heavy atom. The van der Waals surface area contributed by atoms with Crippen molar-refractivity contribution in [3.63, 3.8) is 0 Å². The van der Waals surface area contributed by atoms with Crippen molar-refractivity contribution in [3.05, 3.63) is 24.0 Å². The van der Waals surface area contributed by atoms with Crippen molar-refractivity contribution in [3.8, 4) is 0 Å². The van der Waals surface area contributed by atoms with Gasteiger partial charge in [0.15, 0.2) is 6.29 Å². The van der Waals surface area contributed by atoms with Crippen molar-refractivity contribution >= 4 is 12.2 Å². The number of nitrogens with zero attached hydrogens (tertiary/aromatic N) is 2. The molecular weight excluding hydrogens is 244 g/mol. The van der Waals surface area contributed by atoms with E-state index in [2.05, 4.69) is 0 Å². The lowest BCUT2D eigenvalue weighted by Gasteiger charge is -2.35. The fraction of sp³-hybridized carbons (Fsp3) is 0.571. The van der Waals surface area contributed by atoms with Crippen molar-refractivity contribution in [1.82, 2.24) is 9.47 Å². The Balaban J connectivity index is 1.89. The summed E-state index contributed by atoms with van der Waals surface area (Å²) in [5.74, 6) is 0.118. The molecule has 1 fully saturated rings. The van der Waals surface area contributed by atoms with Gasteiger partial charge in [0.1, 0.15) is 0 Å². The van der Waals surface area contributed by atoms with Gasteiger partial charge in [0.05, 0.1) is 17.9 Å². The van der Waals surface area contributed by atoms with E-state index in [1.54, 1.807) is 10.6 Å². The van der Waals surface area contributed by atoms with E-state index in [-0.39, 0.29) is 18.1 Å². The molecule has 1 aliphatic heterocycles. The molecule has 0 bridgehead atoms. The fourth-order valence-electron chi connectivity index (χ4n) is 2.49. The second-order valence-electron chi connectivity index (χ2n) is 5.05. The average Bonchev–Trinajstić information content (AvgIpc) is 2.82. The Bertz CT molecular complexity index is 445. The summed E-state index contributed by atoms with van der Waals surface area (Å²) in [6.07, 6.45) is 3.22. The number of rotatable bonds is 4. The first-order valence-corrected chi connectivity index (χ1v) is 6.63. The van der Waals surface area contributed by atoms with Gasteiger partial charge < -0.3 is 14.2 Å². The zero-order valence-electron chi connectivity index (χ0n) is 11.4. The van der Waals surface area contributed by atoms with Crippen LogP contribution in [-0.2, 0) is 16.1 Å². The number of carbonyl (C=O) groups is 2. The SMILES string of the molecule is CC1CN(C(=O)CCn2cccc2C=O)CC(C)O1. The van der Waals surface area contributed by atoms with E-state index in [0.29, 0.717) is 31.7 Å². The highest BCUT2D eigenvalue weighted by Gasteiger charge is 2.25. The Morgan fingerprint density at radius 1 is 1.42 bits per heavy atom. The Kier molecular flexibility index (Phi) is 4.37. The van der Waals surface area contributed by atoms with Gasteiger partial charge in [0.25, 0.3) is 0 Å². The number of aromatic nitrogens is 1. The van der Waals surface area contributed by atoms with Gasteiger partial charge in [0.2, 0.25) is 5.91 Å². The zero-order valence-corrected chi connectivity index (χ0v) is 11.4. The van der Waals surface area contributed by atoms with Crippen LogP contribution >= 0.6 is 0 Å². The first-order valence-electron chi connectivity index (χ1n) is 6.63. The highest BCUT2D eigenvalue weighted by atomic mass is 16.5. The van der Waals surface area contributed by atoms with Crippen LogP contribution in [0.4, 0.5) is 0 Å². The van der Waals surface area contributed by atoms with E-state index >= 15 is 0 Å². The lowest BCUT2D eigenvalue weighted by Crippen LogP contribution is -2.48. The number of aryl methyl sites for hydroxylation is 1. The van der Waals surface area contributed by atoms with E-state index < -0.39 is 0 Å². The molecular formula is C14H20N2O3. The number of carbonyl (C=O) groups excluding carboxylic acids is 2. The predicted octanol–water partition coefficient (Wildman–Crippen LogP) is 1.33. The Labute approximate surface area is 113 Å². The van der Waals surface area contributed by atoms with E-state index in [4.69, 9.17) is 4.74 Å². The molecule has 1 amide bonds. The maximum Gasteiger partial charge on any atom is 0.224 e. The van der Waals surface area contributed by atoms with Gasteiger partial charge in [-0.3, -0.25) is 9.59 Å². The number of aldehydes is 1. The lowest BCUT2D eigenvalue weighted by molar-refractivity contribution is -0.143. The molecule has 1 aromatic heterocycles. The van der Waals surface area contributed by atoms with Crippen LogP contribution in [0.15, 0.2) is 18.3 Å². The average molecular weight is 264 g/mol. The maximum atomic E-state index is 12.2. The summed E-state index contributed by atoms with van der Waals surface area (Å²) in [6, 6.07) is 3.56. The van der Waals surface area contributed by atoms with Gasteiger partial charge in [-0.2, -0.15) is 0 Å². The minimum Gasteiger partial charge on any atom is -0.372 e. The van der Waals surface area contributed by atoms with Gasteiger partial charge in [-0.05, 0) is 26.0 Å². The van der Waals surface area contributed by atoms with Gasteiger partial charge in [0, 0.05) is 32.3 Å². The molecule has 0 radical (unpaired) electrons. The van der Waals surface area contributed by atoms with Gasteiger partial charge in [-0.1, -0.05) is 0 Å². The summed E-state index contributed by atoms with van der Waals surface area (Å²) in [5.41, 5.74) is 0.608. The minimum absolute atomic E-state index is 0.0878. The molecule has 2 atom stereocenters. The lowest BCUT2D eigenvalue weighted by atomic mass is 10.2. The number of hydrogen-bond acceptors (Lipinski definition) is 3. The molecule has 19 heavy (non-hydrogen) atoms. The van der Waals surface area contributed by atoms with Crippen LogP contribution in [0.3, 0.4) is 0 Å². The normalized spacial score (nSPS) is 23.4. The summed E-state index contributed by atoms with van der Waals surface area (Å²) in [4.78, 5) is 24.8. The van der Waals surface area contributed by atoms with Crippen LogP contribution in [0, 0.1) is 0 Å². The molecule has 0 spiro atoms. The molecule has 104 valence electrons. The summed E-state index contributed by atoms with van der Waals surface area (Å²) in [6.45, 7) is 5.80. The molecule has 5 heteroatoms. The molecule has 1 saturated heterocycles. The second kappa shape index (κ2) is 6.02. The number of morpholine rings is 1. The highest BCUT2D eigenvalue weighted by molar-refractivity contribution is 5.76. The summed E-state index contributed by atoms with van der Waals surface area (Å²) in [5, 5.41) is 0. The Hall–Kier alpha value is -1.62. The Morgan fingerprint density at radius 2 is 2.11 bits per heavy atom. The van der Waals surface area contributed by atoms with Crippen LogP contribution in [0.1, 0.15) is 30.8 Å². The third-order valence-corrected chi connectivity index (χ3v) is 3.32. The summed E-state index contributed by atoms with van der Waals surface area (Å²) < 4.78 is 7.41. The first-order chi connectivity index (χ1) is 9.10. The van der Waals surface area contributed by atoms with Gasteiger partial charge >= 0.3 is 0 Å². The van der Waals surface area contributed by atoms with Crippen molar-refractivity contribution in [2.75, 3.05) is 13.1 Å². The molecule has 1 aliphatic rings. The minimum atomic E-state index is 0.0878. The third kappa shape index (κ3) is 3.44. The molecule has 0 N–H and O–H groups in total. The van der Waals surface area contributed by atoms with E-state index in [1.807, 2.05) is 31.0 Å². The van der Waals surface area contributed by atoms with Crippen molar-refractivity contribution in [2.24, 2.45) is 0 Å². The quantitative estimate of drug-likeness (QED) is 0.771. The third-order valence-electron chi connectivity index (χ3n) is 3.32. The molecule has 0 saturated carbocycles. The monoisotopic (exact) mass is 264 g/mol. The van der Waals surface area contributed by atoms with Crippen LogP contribution in [-0.4, -0.2) is 47.0 Å². The smallest absolute Gasteiger partial charge is 0.224 e. The van der Waals surface area contributed by atoms with Crippen LogP contribution < -0.4 is 0 Å². The summed E-state index contributed by atoms with van der Waals surface area (Å²) >= 11 is 0. The molecule has 0 aromatic carbocycles. The molecule has 2 unspecified atom stereocenters. The highest BCUT2D eigenvalue weighted by Crippen LogP contribution is 2.12. The molecule has 2 rings (SSSR count). The first kappa shape index (κ1) is 13.8. The van der Waals surface area contributed by atoms with Crippen molar-refractivity contribution in [1.29, 1.82) is 0 Å². The van der Waals surface area contributed by atoms with Gasteiger partial charge in [-0.15, -0.1) is 0 Å².